The fourth-order valence-electron chi connectivity index (χ4n) is 2.20. The van der Waals surface area contributed by atoms with E-state index in [4.69, 9.17) is 0 Å². The summed E-state index contributed by atoms with van der Waals surface area (Å²) in [6.45, 7) is 3.84. The smallest absolute Gasteiger partial charge is 0.211 e. The van der Waals surface area contributed by atoms with E-state index in [0.29, 0.717) is 17.5 Å². The van der Waals surface area contributed by atoms with Crippen LogP contribution >= 0.6 is 0 Å². The SMILES string of the molecule is Cc1ccc(S(=O)(=O)NCCc2ccccc2F)c(C)c1. The normalized spacial score (nSPS) is 11.6. The van der Waals surface area contributed by atoms with Gasteiger partial charge in [-0.05, 0) is 43.5 Å². The third kappa shape index (κ3) is 3.89. The molecule has 21 heavy (non-hydrogen) atoms. The molecule has 0 aliphatic carbocycles. The fourth-order valence-corrected chi connectivity index (χ4v) is 3.46. The van der Waals surface area contributed by atoms with Crippen LogP contribution in [0.25, 0.3) is 0 Å². The topological polar surface area (TPSA) is 46.2 Å². The van der Waals surface area contributed by atoms with Gasteiger partial charge in [0.1, 0.15) is 5.82 Å². The second-order valence-corrected chi connectivity index (χ2v) is 6.74. The molecule has 0 spiro atoms. The highest BCUT2D eigenvalue weighted by Gasteiger charge is 2.16. The van der Waals surface area contributed by atoms with Crippen molar-refractivity contribution in [1.82, 2.24) is 4.72 Å². The van der Waals surface area contributed by atoms with Crippen molar-refractivity contribution in [3.63, 3.8) is 0 Å². The van der Waals surface area contributed by atoms with Crippen LogP contribution in [0.1, 0.15) is 16.7 Å². The summed E-state index contributed by atoms with van der Waals surface area (Å²) >= 11 is 0. The van der Waals surface area contributed by atoms with E-state index in [-0.39, 0.29) is 17.3 Å². The van der Waals surface area contributed by atoms with Crippen molar-refractivity contribution < 1.29 is 12.8 Å². The molecule has 0 heterocycles. The summed E-state index contributed by atoms with van der Waals surface area (Å²) in [5.74, 6) is -0.316. The zero-order valence-electron chi connectivity index (χ0n) is 12.1. The van der Waals surface area contributed by atoms with Crippen LogP contribution in [0.5, 0.6) is 0 Å². The van der Waals surface area contributed by atoms with Gasteiger partial charge in [-0.25, -0.2) is 17.5 Å². The first-order chi connectivity index (χ1) is 9.90. The van der Waals surface area contributed by atoms with Crippen LogP contribution in [-0.2, 0) is 16.4 Å². The van der Waals surface area contributed by atoms with Gasteiger partial charge in [0.05, 0.1) is 4.90 Å². The van der Waals surface area contributed by atoms with Gasteiger partial charge < -0.3 is 0 Å². The summed E-state index contributed by atoms with van der Waals surface area (Å²) in [6, 6.07) is 11.5. The van der Waals surface area contributed by atoms with Crippen LogP contribution in [0, 0.1) is 19.7 Å². The molecule has 0 bridgehead atoms. The molecule has 2 aromatic carbocycles. The molecule has 0 unspecified atom stereocenters. The maximum absolute atomic E-state index is 13.5. The highest BCUT2D eigenvalue weighted by Crippen LogP contribution is 2.16. The summed E-state index contributed by atoms with van der Waals surface area (Å²) in [7, 11) is -3.56. The Morgan fingerprint density at radius 1 is 1.10 bits per heavy atom. The molecule has 0 saturated carbocycles. The zero-order valence-corrected chi connectivity index (χ0v) is 12.9. The highest BCUT2D eigenvalue weighted by atomic mass is 32.2. The van der Waals surface area contributed by atoms with E-state index in [0.717, 1.165) is 5.56 Å². The van der Waals surface area contributed by atoms with Gasteiger partial charge in [0, 0.05) is 6.54 Å². The molecule has 1 N–H and O–H groups in total. The molecule has 2 rings (SSSR count). The Morgan fingerprint density at radius 3 is 2.48 bits per heavy atom. The first kappa shape index (κ1) is 15.7. The van der Waals surface area contributed by atoms with Crippen LogP contribution in [-0.4, -0.2) is 15.0 Å². The zero-order chi connectivity index (χ0) is 15.5. The quantitative estimate of drug-likeness (QED) is 0.923. The summed E-state index contributed by atoms with van der Waals surface area (Å²) in [5.41, 5.74) is 2.21. The van der Waals surface area contributed by atoms with Crippen molar-refractivity contribution in [3.05, 3.63) is 65.0 Å². The van der Waals surface area contributed by atoms with Gasteiger partial charge in [0.2, 0.25) is 10.0 Å². The molecule has 0 atom stereocenters. The van der Waals surface area contributed by atoms with Crippen molar-refractivity contribution in [2.45, 2.75) is 25.2 Å². The molecule has 112 valence electrons. The maximum atomic E-state index is 13.5. The lowest BCUT2D eigenvalue weighted by Gasteiger charge is -2.10. The van der Waals surface area contributed by atoms with Gasteiger partial charge >= 0.3 is 0 Å². The van der Waals surface area contributed by atoms with Gasteiger partial charge in [0.25, 0.3) is 0 Å². The monoisotopic (exact) mass is 307 g/mol. The van der Waals surface area contributed by atoms with Gasteiger partial charge in [0.15, 0.2) is 0 Å². The lowest BCUT2D eigenvalue weighted by atomic mass is 10.1. The first-order valence-electron chi connectivity index (χ1n) is 6.70. The third-order valence-electron chi connectivity index (χ3n) is 3.26. The van der Waals surface area contributed by atoms with Crippen LogP contribution in [0.3, 0.4) is 0 Å². The third-order valence-corrected chi connectivity index (χ3v) is 4.89. The minimum absolute atomic E-state index is 0.163. The summed E-state index contributed by atoms with van der Waals surface area (Å²) in [6.07, 6.45) is 0.316. The van der Waals surface area contributed by atoms with Crippen LogP contribution in [0.4, 0.5) is 4.39 Å². The van der Waals surface area contributed by atoms with E-state index >= 15 is 0 Å². The van der Waals surface area contributed by atoms with Gasteiger partial charge in [-0.3, -0.25) is 0 Å². The molecule has 0 amide bonds. The number of hydrogen-bond acceptors (Lipinski definition) is 2. The summed E-state index contributed by atoms with van der Waals surface area (Å²) in [5, 5.41) is 0. The molecule has 0 saturated heterocycles. The molecule has 5 heteroatoms. The molecule has 0 fully saturated rings. The Kier molecular flexibility index (Phi) is 4.75. The van der Waals surface area contributed by atoms with Crippen molar-refractivity contribution >= 4 is 10.0 Å². The van der Waals surface area contributed by atoms with Crippen LogP contribution in [0.15, 0.2) is 47.4 Å². The largest absolute Gasteiger partial charge is 0.240 e. The number of nitrogens with one attached hydrogen (secondary N) is 1. The van der Waals surface area contributed by atoms with Crippen molar-refractivity contribution in [1.29, 1.82) is 0 Å². The highest BCUT2D eigenvalue weighted by molar-refractivity contribution is 7.89. The fraction of sp³-hybridized carbons (Fsp3) is 0.250. The Labute approximate surface area is 124 Å². The van der Waals surface area contributed by atoms with E-state index in [9.17, 15) is 12.8 Å². The van der Waals surface area contributed by atoms with Crippen molar-refractivity contribution in [3.8, 4) is 0 Å². The molecule has 0 aliphatic rings. The van der Waals surface area contributed by atoms with Crippen LogP contribution in [0.2, 0.25) is 0 Å². The number of hydrogen-bond donors (Lipinski definition) is 1. The van der Waals surface area contributed by atoms with E-state index in [1.807, 2.05) is 13.0 Å². The van der Waals surface area contributed by atoms with Gasteiger partial charge in [-0.2, -0.15) is 0 Å². The van der Waals surface area contributed by atoms with E-state index in [2.05, 4.69) is 4.72 Å². The number of sulfonamides is 1. The molecular weight excluding hydrogens is 289 g/mol. The average Bonchev–Trinajstić information content (AvgIpc) is 2.40. The average molecular weight is 307 g/mol. The molecule has 0 aromatic heterocycles. The second kappa shape index (κ2) is 6.37. The van der Waals surface area contributed by atoms with E-state index in [1.165, 1.54) is 6.07 Å². The molecule has 0 aliphatic heterocycles. The first-order valence-corrected chi connectivity index (χ1v) is 8.19. The number of halogens is 1. The van der Waals surface area contributed by atoms with E-state index in [1.54, 1.807) is 37.3 Å². The predicted octanol–water partition coefficient (Wildman–Crippen LogP) is 2.96. The van der Waals surface area contributed by atoms with E-state index < -0.39 is 10.0 Å². The Balaban J connectivity index is 2.07. The standard InChI is InChI=1S/C16H18FNO2S/c1-12-7-8-16(13(2)11-12)21(19,20)18-10-9-14-5-3-4-6-15(14)17/h3-8,11,18H,9-10H2,1-2H3. The summed E-state index contributed by atoms with van der Waals surface area (Å²) < 4.78 is 40.4. The number of rotatable bonds is 5. The summed E-state index contributed by atoms with van der Waals surface area (Å²) in [4.78, 5) is 0.265. The maximum Gasteiger partial charge on any atom is 0.240 e. The molecular formula is C16H18FNO2S. The lowest BCUT2D eigenvalue weighted by molar-refractivity contribution is 0.577. The van der Waals surface area contributed by atoms with Crippen molar-refractivity contribution in [2.75, 3.05) is 6.54 Å². The Hall–Kier alpha value is -1.72. The minimum atomic E-state index is -3.56. The lowest BCUT2D eigenvalue weighted by Crippen LogP contribution is -2.26. The molecule has 3 nitrogen and oxygen atoms in total. The Bertz CT molecular complexity index is 742. The van der Waals surface area contributed by atoms with Gasteiger partial charge in [-0.1, -0.05) is 35.9 Å². The van der Waals surface area contributed by atoms with Crippen LogP contribution < -0.4 is 4.72 Å². The second-order valence-electron chi connectivity index (χ2n) is 5.01. The van der Waals surface area contributed by atoms with Crippen molar-refractivity contribution in [2.24, 2.45) is 0 Å². The van der Waals surface area contributed by atoms with Gasteiger partial charge in [-0.15, -0.1) is 0 Å². The minimum Gasteiger partial charge on any atom is -0.211 e. The predicted molar refractivity (Wildman–Crippen MR) is 81.2 cm³/mol. The number of aryl methyl sites for hydroxylation is 2. The Morgan fingerprint density at radius 2 is 1.81 bits per heavy atom. The molecule has 2 aromatic rings. The number of benzene rings is 2. The molecule has 0 radical (unpaired) electrons.